The van der Waals surface area contributed by atoms with Gasteiger partial charge in [0.1, 0.15) is 11.5 Å². The number of anilines is 1. The summed E-state index contributed by atoms with van der Waals surface area (Å²) in [4.78, 5) is 12.2. The fourth-order valence-corrected chi connectivity index (χ4v) is 2.61. The van der Waals surface area contributed by atoms with Crippen LogP contribution in [-0.2, 0) is 13.6 Å². The lowest BCUT2D eigenvalue weighted by molar-refractivity contribution is 0.251. The maximum Gasteiger partial charge on any atom is 0.319 e. The van der Waals surface area contributed by atoms with Gasteiger partial charge in [0.25, 0.3) is 0 Å². The number of hydrogen-bond donors (Lipinski definition) is 2. The number of aryl methyl sites for hydroxylation is 2. The smallest absolute Gasteiger partial charge is 0.319 e. The number of urea groups is 1. The number of nitrogens with zero attached hydrogens (tertiary/aromatic N) is 2. The molecule has 130 valence electrons. The van der Waals surface area contributed by atoms with Gasteiger partial charge >= 0.3 is 6.03 Å². The van der Waals surface area contributed by atoms with Crippen LogP contribution in [0.2, 0.25) is 5.02 Å². The van der Waals surface area contributed by atoms with E-state index in [-0.39, 0.29) is 6.03 Å². The van der Waals surface area contributed by atoms with Crippen molar-refractivity contribution in [2.45, 2.75) is 20.4 Å². The Morgan fingerprint density at radius 1 is 1.25 bits per heavy atom. The van der Waals surface area contributed by atoms with Crippen molar-refractivity contribution in [3.63, 3.8) is 0 Å². The molecule has 1 aromatic carbocycles. The lowest BCUT2D eigenvalue weighted by atomic mass is 10.2. The number of amides is 2. The van der Waals surface area contributed by atoms with Gasteiger partial charge in [-0.2, -0.15) is 5.10 Å². The molecule has 0 saturated carbocycles. The Morgan fingerprint density at radius 3 is 2.46 bits per heavy atom. The summed E-state index contributed by atoms with van der Waals surface area (Å²) in [5.74, 6) is 0.932. The second-order valence-electron chi connectivity index (χ2n) is 5.27. The van der Waals surface area contributed by atoms with Crippen molar-refractivity contribution in [1.29, 1.82) is 0 Å². The van der Waals surface area contributed by atoms with E-state index in [2.05, 4.69) is 15.7 Å². The van der Waals surface area contributed by atoms with Gasteiger partial charge in [-0.3, -0.25) is 4.68 Å². The summed E-state index contributed by atoms with van der Waals surface area (Å²) < 4.78 is 12.2. The van der Waals surface area contributed by atoms with Gasteiger partial charge in [-0.05, 0) is 19.9 Å². The third kappa shape index (κ3) is 3.73. The molecule has 0 bridgehead atoms. The quantitative estimate of drug-likeness (QED) is 0.867. The van der Waals surface area contributed by atoms with Gasteiger partial charge in [-0.25, -0.2) is 4.79 Å². The minimum atomic E-state index is -0.364. The number of carbonyl (C=O) groups excluding carboxylic acids is 1. The number of hydrogen-bond acceptors (Lipinski definition) is 4. The molecule has 0 atom stereocenters. The number of ether oxygens (including phenoxy) is 2. The largest absolute Gasteiger partial charge is 0.495 e. The first-order chi connectivity index (χ1) is 11.4. The van der Waals surface area contributed by atoms with Crippen molar-refractivity contribution < 1.29 is 14.3 Å². The standard InChI is InChI=1S/C16H21ClN4O3/c1-9-11(10(2)21(3)20-9)8-18-16(22)19-13-6-12(17)14(23-4)7-15(13)24-5/h6-7H,8H2,1-5H3,(H2,18,19,22). The third-order valence-electron chi connectivity index (χ3n) is 3.81. The summed E-state index contributed by atoms with van der Waals surface area (Å²) in [5.41, 5.74) is 3.35. The molecule has 0 spiro atoms. The number of benzene rings is 1. The van der Waals surface area contributed by atoms with Crippen LogP contribution in [0.4, 0.5) is 10.5 Å². The van der Waals surface area contributed by atoms with Crippen LogP contribution >= 0.6 is 11.6 Å². The van der Waals surface area contributed by atoms with Crippen LogP contribution in [0.25, 0.3) is 0 Å². The molecule has 24 heavy (non-hydrogen) atoms. The first kappa shape index (κ1) is 17.9. The Bertz CT molecular complexity index is 758. The van der Waals surface area contributed by atoms with Crippen LogP contribution in [0.3, 0.4) is 0 Å². The summed E-state index contributed by atoms with van der Waals surface area (Å²) in [6.07, 6.45) is 0. The van der Waals surface area contributed by atoms with Gasteiger partial charge in [0.2, 0.25) is 0 Å². The van der Waals surface area contributed by atoms with Crippen molar-refractivity contribution in [3.8, 4) is 11.5 Å². The Labute approximate surface area is 145 Å². The highest BCUT2D eigenvalue weighted by Gasteiger charge is 2.14. The molecule has 0 fully saturated rings. The SMILES string of the molecule is COc1cc(OC)c(NC(=O)NCc2c(C)nn(C)c2C)cc1Cl. The molecule has 0 saturated heterocycles. The fraction of sp³-hybridized carbons (Fsp3) is 0.375. The molecule has 0 unspecified atom stereocenters. The first-order valence-electron chi connectivity index (χ1n) is 7.32. The summed E-state index contributed by atoms with van der Waals surface area (Å²) in [5, 5.41) is 10.2. The number of rotatable bonds is 5. The Morgan fingerprint density at radius 2 is 1.92 bits per heavy atom. The number of carbonyl (C=O) groups is 1. The maximum atomic E-state index is 12.2. The van der Waals surface area contributed by atoms with Crippen molar-refractivity contribution in [1.82, 2.24) is 15.1 Å². The van der Waals surface area contributed by atoms with Crippen molar-refractivity contribution >= 4 is 23.3 Å². The fourth-order valence-electron chi connectivity index (χ4n) is 2.37. The summed E-state index contributed by atoms with van der Waals surface area (Å²) in [6, 6.07) is 2.84. The van der Waals surface area contributed by atoms with Crippen LogP contribution in [0.1, 0.15) is 17.0 Å². The molecule has 2 amide bonds. The molecule has 0 aliphatic rings. The zero-order valence-electron chi connectivity index (χ0n) is 14.4. The Balaban J connectivity index is 2.08. The van der Waals surface area contributed by atoms with Gasteiger partial charge in [0.15, 0.2) is 0 Å². The number of methoxy groups -OCH3 is 2. The zero-order chi connectivity index (χ0) is 17.9. The van der Waals surface area contributed by atoms with Gasteiger partial charge in [-0.1, -0.05) is 11.6 Å². The third-order valence-corrected chi connectivity index (χ3v) is 4.10. The predicted octanol–water partition coefficient (Wildman–Crippen LogP) is 3.03. The summed E-state index contributed by atoms with van der Waals surface area (Å²) in [7, 11) is 4.89. The predicted molar refractivity (Wildman–Crippen MR) is 93.1 cm³/mol. The number of nitrogens with one attached hydrogen (secondary N) is 2. The lowest BCUT2D eigenvalue weighted by Gasteiger charge is -2.13. The summed E-state index contributed by atoms with van der Waals surface area (Å²) in [6.45, 7) is 4.25. The zero-order valence-corrected chi connectivity index (χ0v) is 15.1. The average molecular weight is 353 g/mol. The van der Waals surface area contributed by atoms with E-state index in [1.807, 2.05) is 20.9 Å². The molecule has 0 aliphatic heterocycles. The van der Waals surface area contributed by atoms with E-state index >= 15 is 0 Å². The molecule has 2 aromatic rings. The van der Waals surface area contributed by atoms with Gasteiger partial charge in [0, 0.05) is 30.9 Å². The molecular formula is C16H21ClN4O3. The van der Waals surface area contributed by atoms with Gasteiger partial charge in [0.05, 0.1) is 30.6 Å². The van der Waals surface area contributed by atoms with Crippen molar-refractivity contribution in [3.05, 3.63) is 34.1 Å². The van der Waals surface area contributed by atoms with Crippen molar-refractivity contribution in [2.75, 3.05) is 19.5 Å². The molecule has 8 heteroatoms. The molecule has 7 nitrogen and oxygen atoms in total. The number of aromatic nitrogens is 2. The second-order valence-corrected chi connectivity index (χ2v) is 5.67. The molecule has 1 aromatic heterocycles. The van der Waals surface area contributed by atoms with E-state index in [1.54, 1.807) is 16.8 Å². The second kappa shape index (κ2) is 7.44. The topological polar surface area (TPSA) is 77.4 Å². The van der Waals surface area contributed by atoms with E-state index in [0.29, 0.717) is 28.8 Å². The first-order valence-corrected chi connectivity index (χ1v) is 7.70. The minimum absolute atomic E-state index is 0.364. The van der Waals surface area contributed by atoms with E-state index in [0.717, 1.165) is 17.0 Å². The van der Waals surface area contributed by atoms with Gasteiger partial charge < -0.3 is 20.1 Å². The Kier molecular flexibility index (Phi) is 5.56. The average Bonchev–Trinajstić information content (AvgIpc) is 2.78. The van der Waals surface area contributed by atoms with E-state index in [9.17, 15) is 4.79 Å². The lowest BCUT2D eigenvalue weighted by Crippen LogP contribution is -2.28. The highest BCUT2D eigenvalue weighted by atomic mass is 35.5. The maximum absolute atomic E-state index is 12.2. The van der Waals surface area contributed by atoms with E-state index < -0.39 is 0 Å². The molecule has 0 aliphatic carbocycles. The summed E-state index contributed by atoms with van der Waals surface area (Å²) >= 11 is 6.10. The van der Waals surface area contributed by atoms with Crippen LogP contribution < -0.4 is 20.1 Å². The van der Waals surface area contributed by atoms with Crippen LogP contribution in [0.5, 0.6) is 11.5 Å². The van der Waals surface area contributed by atoms with Crippen LogP contribution in [0, 0.1) is 13.8 Å². The van der Waals surface area contributed by atoms with Gasteiger partial charge in [-0.15, -0.1) is 0 Å². The highest BCUT2D eigenvalue weighted by Crippen LogP contribution is 2.35. The van der Waals surface area contributed by atoms with Crippen LogP contribution in [0.15, 0.2) is 12.1 Å². The van der Waals surface area contributed by atoms with E-state index in [4.69, 9.17) is 21.1 Å². The molecular weight excluding hydrogens is 332 g/mol. The highest BCUT2D eigenvalue weighted by molar-refractivity contribution is 6.32. The normalized spacial score (nSPS) is 10.4. The Hall–Kier alpha value is -2.41. The molecule has 1 heterocycles. The van der Waals surface area contributed by atoms with E-state index in [1.165, 1.54) is 14.2 Å². The van der Waals surface area contributed by atoms with Crippen LogP contribution in [-0.4, -0.2) is 30.0 Å². The molecule has 2 N–H and O–H groups in total. The molecule has 2 rings (SSSR count). The minimum Gasteiger partial charge on any atom is -0.495 e. The molecule has 0 radical (unpaired) electrons. The monoisotopic (exact) mass is 352 g/mol. The van der Waals surface area contributed by atoms with Crippen molar-refractivity contribution in [2.24, 2.45) is 7.05 Å². The number of halogens is 1.